The zero-order valence-electron chi connectivity index (χ0n) is 13.5. The Morgan fingerprint density at radius 2 is 1.72 bits per heavy atom. The van der Waals surface area contributed by atoms with Crippen LogP contribution in [0.4, 0.5) is 0 Å². The van der Waals surface area contributed by atoms with E-state index in [1.165, 1.54) is 0 Å². The van der Waals surface area contributed by atoms with E-state index >= 15 is 0 Å². The lowest BCUT2D eigenvalue weighted by molar-refractivity contribution is 0.112. The molecule has 0 aliphatic heterocycles. The van der Waals surface area contributed by atoms with Crippen LogP contribution in [0.1, 0.15) is 27.2 Å². The molecular formula is C21H15Cl2NO. The van der Waals surface area contributed by atoms with Crippen molar-refractivity contribution in [2.24, 2.45) is 0 Å². The summed E-state index contributed by atoms with van der Waals surface area (Å²) < 4.78 is 0. The normalized spacial score (nSPS) is 11.0. The fourth-order valence-electron chi connectivity index (χ4n) is 2.61. The first-order chi connectivity index (χ1) is 12.1. The van der Waals surface area contributed by atoms with Crippen LogP contribution in [0, 0.1) is 6.92 Å². The van der Waals surface area contributed by atoms with Gasteiger partial charge in [-0.3, -0.25) is 9.78 Å². The van der Waals surface area contributed by atoms with Gasteiger partial charge in [-0.25, -0.2) is 0 Å². The molecule has 124 valence electrons. The Morgan fingerprint density at radius 3 is 2.44 bits per heavy atom. The van der Waals surface area contributed by atoms with Gasteiger partial charge in [-0.15, -0.1) is 0 Å². The molecule has 0 saturated carbocycles. The highest BCUT2D eigenvalue weighted by Gasteiger charge is 2.08. The summed E-state index contributed by atoms with van der Waals surface area (Å²) >= 11 is 12.5. The second-order valence-electron chi connectivity index (χ2n) is 5.58. The first-order valence-electron chi connectivity index (χ1n) is 7.73. The molecule has 3 rings (SSSR count). The molecule has 0 unspecified atom stereocenters. The average Bonchev–Trinajstić information content (AvgIpc) is 2.62. The maximum Gasteiger partial charge on any atom is 0.150 e. The van der Waals surface area contributed by atoms with Crippen LogP contribution in [-0.4, -0.2) is 11.3 Å². The number of aromatic nitrogens is 1. The molecule has 0 aliphatic rings. The van der Waals surface area contributed by atoms with Gasteiger partial charge in [0.05, 0.1) is 5.69 Å². The summed E-state index contributed by atoms with van der Waals surface area (Å²) in [4.78, 5) is 15.2. The summed E-state index contributed by atoms with van der Waals surface area (Å²) in [5.41, 5.74) is 5.28. The van der Waals surface area contributed by atoms with Gasteiger partial charge in [-0.2, -0.15) is 0 Å². The monoisotopic (exact) mass is 367 g/mol. The van der Waals surface area contributed by atoms with E-state index in [9.17, 15) is 4.79 Å². The van der Waals surface area contributed by atoms with Gasteiger partial charge in [0.1, 0.15) is 6.29 Å². The predicted molar refractivity (Wildman–Crippen MR) is 105 cm³/mol. The molecule has 0 atom stereocenters. The molecule has 4 heteroatoms. The van der Waals surface area contributed by atoms with Crippen LogP contribution in [0.15, 0.2) is 54.7 Å². The van der Waals surface area contributed by atoms with E-state index in [1.807, 2.05) is 55.5 Å². The Kier molecular flexibility index (Phi) is 5.32. The van der Waals surface area contributed by atoms with Crippen molar-refractivity contribution in [3.05, 3.63) is 87.2 Å². The molecular weight excluding hydrogens is 353 g/mol. The third-order valence-corrected chi connectivity index (χ3v) is 4.65. The molecule has 1 aromatic heterocycles. The van der Waals surface area contributed by atoms with Gasteiger partial charge in [0.15, 0.2) is 0 Å². The zero-order chi connectivity index (χ0) is 17.8. The van der Waals surface area contributed by atoms with Crippen molar-refractivity contribution in [1.29, 1.82) is 0 Å². The first kappa shape index (κ1) is 17.4. The number of benzene rings is 2. The Balaban J connectivity index is 1.98. The highest BCUT2D eigenvalue weighted by atomic mass is 35.5. The van der Waals surface area contributed by atoms with Gasteiger partial charge in [-0.1, -0.05) is 59.6 Å². The van der Waals surface area contributed by atoms with E-state index in [-0.39, 0.29) is 0 Å². The van der Waals surface area contributed by atoms with Gasteiger partial charge in [0.25, 0.3) is 0 Å². The summed E-state index contributed by atoms with van der Waals surface area (Å²) in [7, 11) is 0. The van der Waals surface area contributed by atoms with Gasteiger partial charge in [-0.05, 0) is 47.9 Å². The Bertz CT molecular complexity index is 964. The summed E-state index contributed by atoms with van der Waals surface area (Å²) in [6.07, 6.45) is 6.35. The molecule has 1 heterocycles. The van der Waals surface area contributed by atoms with E-state index in [2.05, 4.69) is 4.98 Å². The molecule has 0 radical (unpaired) electrons. The summed E-state index contributed by atoms with van der Waals surface area (Å²) in [6, 6.07) is 14.9. The summed E-state index contributed by atoms with van der Waals surface area (Å²) in [5, 5.41) is 1.24. The van der Waals surface area contributed by atoms with E-state index in [1.54, 1.807) is 18.3 Å². The van der Waals surface area contributed by atoms with Crippen molar-refractivity contribution < 1.29 is 4.79 Å². The van der Waals surface area contributed by atoms with Crippen molar-refractivity contribution in [2.75, 3.05) is 0 Å². The zero-order valence-corrected chi connectivity index (χ0v) is 15.1. The van der Waals surface area contributed by atoms with Crippen LogP contribution in [0.5, 0.6) is 0 Å². The SMILES string of the molecule is Cc1c(-c2ccccc2Cl)ccnc1/C=C/c1ccc(C=O)cc1Cl. The van der Waals surface area contributed by atoms with E-state index < -0.39 is 0 Å². The Labute approximate surface area is 156 Å². The molecule has 0 saturated heterocycles. The molecule has 2 nitrogen and oxygen atoms in total. The van der Waals surface area contributed by atoms with E-state index in [0.717, 1.165) is 34.2 Å². The van der Waals surface area contributed by atoms with Crippen LogP contribution < -0.4 is 0 Å². The van der Waals surface area contributed by atoms with Gasteiger partial charge in [0, 0.05) is 27.4 Å². The molecule has 0 spiro atoms. The fourth-order valence-corrected chi connectivity index (χ4v) is 3.10. The summed E-state index contributed by atoms with van der Waals surface area (Å²) in [6.45, 7) is 2.02. The fraction of sp³-hybridized carbons (Fsp3) is 0.0476. The van der Waals surface area contributed by atoms with Crippen molar-refractivity contribution in [3.8, 4) is 11.1 Å². The Hall–Kier alpha value is -2.42. The molecule has 0 N–H and O–H groups in total. The van der Waals surface area contributed by atoms with E-state index in [4.69, 9.17) is 23.2 Å². The average molecular weight is 368 g/mol. The molecule has 3 aromatic rings. The maximum absolute atomic E-state index is 10.8. The number of carbonyl (C=O) groups is 1. The van der Waals surface area contributed by atoms with Gasteiger partial charge >= 0.3 is 0 Å². The topological polar surface area (TPSA) is 30.0 Å². The largest absolute Gasteiger partial charge is 0.298 e. The quantitative estimate of drug-likeness (QED) is 0.503. The molecule has 0 bridgehead atoms. The highest BCUT2D eigenvalue weighted by molar-refractivity contribution is 6.33. The van der Waals surface area contributed by atoms with Crippen molar-refractivity contribution in [1.82, 2.24) is 4.98 Å². The van der Waals surface area contributed by atoms with Gasteiger partial charge < -0.3 is 0 Å². The molecule has 2 aromatic carbocycles. The number of hydrogen-bond donors (Lipinski definition) is 0. The molecule has 0 aliphatic carbocycles. The lowest BCUT2D eigenvalue weighted by Crippen LogP contribution is -1.91. The van der Waals surface area contributed by atoms with Crippen LogP contribution in [0.3, 0.4) is 0 Å². The number of halogens is 2. The van der Waals surface area contributed by atoms with Crippen LogP contribution >= 0.6 is 23.2 Å². The highest BCUT2D eigenvalue weighted by Crippen LogP contribution is 2.31. The Morgan fingerprint density at radius 1 is 0.920 bits per heavy atom. The minimum Gasteiger partial charge on any atom is -0.298 e. The first-order valence-corrected chi connectivity index (χ1v) is 8.49. The minimum atomic E-state index is 0.528. The number of carbonyl (C=O) groups excluding carboxylic acids is 1. The summed E-state index contributed by atoms with van der Waals surface area (Å²) in [5.74, 6) is 0. The molecule has 0 fully saturated rings. The van der Waals surface area contributed by atoms with Crippen molar-refractivity contribution in [2.45, 2.75) is 6.92 Å². The van der Waals surface area contributed by atoms with Crippen molar-refractivity contribution >= 4 is 41.6 Å². The van der Waals surface area contributed by atoms with Crippen LogP contribution in [0.25, 0.3) is 23.3 Å². The standard InChI is InChI=1S/C21H15Cl2NO/c1-14-17(18-4-2-3-5-19(18)22)10-11-24-21(14)9-8-16-7-6-15(13-25)12-20(16)23/h2-13H,1H3/b9-8+. The maximum atomic E-state index is 10.8. The molecule has 0 amide bonds. The van der Waals surface area contributed by atoms with E-state index in [0.29, 0.717) is 15.6 Å². The third kappa shape index (κ3) is 3.81. The van der Waals surface area contributed by atoms with Crippen LogP contribution in [-0.2, 0) is 0 Å². The number of aldehydes is 1. The minimum absolute atomic E-state index is 0.528. The number of rotatable bonds is 4. The number of hydrogen-bond acceptors (Lipinski definition) is 2. The smallest absolute Gasteiger partial charge is 0.150 e. The third-order valence-electron chi connectivity index (χ3n) is 3.99. The van der Waals surface area contributed by atoms with Crippen molar-refractivity contribution in [3.63, 3.8) is 0 Å². The van der Waals surface area contributed by atoms with Gasteiger partial charge in [0.2, 0.25) is 0 Å². The van der Waals surface area contributed by atoms with Crippen LogP contribution in [0.2, 0.25) is 10.0 Å². The number of pyridine rings is 1. The lowest BCUT2D eigenvalue weighted by Gasteiger charge is -2.10. The second-order valence-corrected chi connectivity index (χ2v) is 6.40. The lowest BCUT2D eigenvalue weighted by atomic mass is 9.99. The predicted octanol–water partition coefficient (Wildman–Crippen LogP) is 6.35. The second kappa shape index (κ2) is 7.64. The number of nitrogens with zero attached hydrogens (tertiary/aromatic N) is 1. The molecule has 25 heavy (non-hydrogen) atoms.